The minimum absolute atomic E-state index is 0.219. The number of alkyl carbamates (subject to hydrolysis) is 1. The Labute approximate surface area is 198 Å². The van der Waals surface area contributed by atoms with Gasteiger partial charge in [0.25, 0.3) is 5.91 Å². The van der Waals surface area contributed by atoms with Crippen LogP contribution in [-0.2, 0) is 4.74 Å². The number of ether oxygens (including phenoxy) is 1. The second kappa shape index (κ2) is 10.7. The number of aliphatic hydroxyl groups excluding tert-OH is 1. The summed E-state index contributed by atoms with van der Waals surface area (Å²) in [5.74, 6) is -0.810. The molecule has 3 rings (SSSR count). The van der Waals surface area contributed by atoms with Crippen LogP contribution in [0.3, 0.4) is 0 Å². The molecule has 8 heteroatoms. The number of aromatic nitrogens is 1. The zero-order valence-electron chi connectivity index (χ0n) is 19.9. The van der Waals surface area contributed by atoms with Crippen molar-refractivity contribution in [3.63, 3.8) is 0 Å². The molecule has 4 N–H and O–H groups in total. The van der Waals surface area contributed by atoms with Gasteiger partial charge in [0.1, 0.15) is 17.1 Å². The number of fused-ring (bicyclic) bond motifs is 1. The van der Waals surface area contributed by atoms with E-state index >= 15 is 0 Å². The third-order valence-corrected chi connectivity index (χ3v) is 5.41. The Morgan fingerprint density at radius 2 is 1.82 bits per heavy atom. The molecule has 2 aromatic carbocycles. The van der Waals surface area contributed by atoms with Crippen molar-refractivity contribution in [3.05, 3.63) is 60.0 Å². The van der Waals surface area contributed by atoms with Crippen LogP contribution < -0.4 is 10.6 Å². The van der Waals surface area contributed by atoms with Gasteiger partial charge in [0, 0.05) is 24.0 Å². The molecule has 2 atom stereocenters. The Bertz CT molecular complexity index is 1140. The Hall–Kier alpha value is -3.39. The highest BCUT2D eigenvalue weighted by molar-refractivity contribution is 6.02. The van der Waals surface area contributed by atoms with Crippen molar-refractivity contribution in [3.8, 4) is 11.1 Å². The fourth-order valence-electron chi connectivity index (χ4n) is 3.55. The predicted molar refractivity (Wildman–Crippen MR) is 130 cm³/mol. The third-order valence-electron chi connectivity index (χ3n) is 5.41. The monoisotopic (exact) mass is 469 g/mol. The van der Waals surface area contributed by atoms with E-state index in [4.69, 9.17) is 4.74 Å². The maximum absolute atomic E-state index is 13.3. The van der Waals surface area contributed by atoms with Crippen LogP contribution in [0.1, 0.15) is 44.6 Å². The first-order valence-corrected chi connectivity index (χ1v) is 11.3. The first-order valence-electron chi connectivity index (χ1n) is 11.3. The van der Waals surface area contributed by atoms with E-state index in [0.717, 1.165) is 22.0 Å². The average molecular weight is 470 g/mol. The predicted octanol–water partition coefficient (Wildman–Crippen LogP) is 4.62. The molecule has 0 radical (unpaired) electrons. The minimum Gasteiger partial charge on any atom is -0.444 e. The fraction of sp³-hybridized carbons (Fsp3) is 0.385. The molecule has 0 spiro atoms. The number of H-pyrrole nitrogens is 1. The molecule has 34 heavy (non-hydrogen) atoms. The first-order chi connectivity index (χ1) is 16.0. The molecule has 0 fully saturated rings. The van der Waals surface area contributed by atoms with Crippen molar-refractivity contribution in [2.24, 2.45) is 5.92 Å². The van der Waals surface area contributed by atoms with Gasteiger partial charge in [-0.1, -0.05) is 37.3 Å². The van der Waals surface area contributed by atoms with Gasteiger partial charge in [0.2, 0.25) is 0 Å². The number of carbonyl (C=O) groups excluding carboxylic acids is 2. The standard InChI is InChI=1S/C26H32FN3O4/c1-16(22(31)12-13-28-25(33)34-26(2,3)4)15-29-24(32)21-14-18-6-5-7-20(23(18)30-21)17-8-10-19(27)11-9-17/h5-11,14,16,22,30-31H,12-13,15H2,1-4H3,(H,28,33)(H,29,32)/t16-,22?/m0/s1. The summed E-state index contributed by atoms with van der Waals surface area (Å²) in [6.07, 6.45) is -0.897. The topological polar surface area (TPSA) is 103 Å². The number of rotatable bonds is 8. The number of amides is 2. The Balaban J connectivity index is 1.55. The van der Waals surface area contributed by atoms with Crippen LogP contribution in [0.15, 0.2) is 48.5 Å². The average Bonchev–Trinajstić information content (AvgIpc) is 3.21. The lowest BCUT2D eigenvalue weighted by Gasteiger charge is -2.21. The largest absolute Gasteiger partial charge is 0.444 e. The van der Waals surface area contributed by atoms with E-state index in [0.29, 0.717) is 12.1 Å². The molecule has 0 aliphatic heterocycles. The highest BCUT2D eigenvalue weighted by atomic mass is 19.1. The number of halogens is 1. The van der Waals surface area contributed by atoms with Crippen molar-refractivity contribution >= 4 is 22.9 Å². The van der Waals surface area contributed by atoms with Crippen LogP contribution in [-0.4, -0.2) is 46.9 Å². The summed E-state index contributed by atoms with van der Waals surface area (Å²) in [6.45, 7) is 7.71. The van der Waals surface area contributed by atoms with Crippen LogP contribution >= 0.6 is 0 Å². The summed E-state index contributed by atoms with van der Waals surface area (Å²) < 4.78 is 18.5. The molecule has 1 unspecified atom stereocenters. The van der Waals surface area contributed by atoms with Crippen LogP contribution in [0.2, 0.25) is 0 Å². The van der Waals surface area contributed by atoms with Gasteiger partial charge in [0.15, 0.2) is 0 Å². The number of hydrogen-bond donors (Lipinski definition) is 4. The van der Waals surface area contributed by atoms with Crippen LogP contribution in [0.25, 0.3) is 22.0 Å². The fourth-order valence-corrected chi connectivity index (χ4v) is 3.55. The molecule has 182 valence electrons. The number of nitrogens with one attached hydrogen (secondary N) is 3. The second-order valence-electron chi connectivity index (χ2n) is 9.43. The van der Waals surface area contributed by atoms with E-state index < -0.39 is 17.8 Å². The van der Waals surface area contributed by atoms with Gasteiger partial charge in [-0.05, 0) is 56.9 Å². The molecule has 3 aromatic rings. The van der Waals surface area contributed by atoms with Crippen LogP contribution in [0.4, 0.5) is 9.18 Å². The summed E-state index contributed by atoms with van der Waals surface area (Å²) in [6, 6.07) is 13.7. The van der Waals surface area contributed by atoms with Crippen molar-refractivity contribution in [1.29, 1.82) is 0 Å². The molecule has 0 bridgehead atoms. The highest BCUT2D eigenvalue weighted by Gasteiger charge is 2.19. The minimum atomic E-state index is -0.706. The molecule has 0 saturated carbocycles. The van der Waals surface area contributed by atoms with Gasteiger partial charge in [-0.15, -0.1) is 0 Å². The highest BCUT2D eigenvalue weighted by Crippen LogP contribution is 2.29. The summed E-state index contributed by atoms with van der Waals surface area (Å²) in [5.41, 5.74) is 2.33. The number of benzene rings is 2. The Kier molecular flexibility index (Phi) is 7.94. The smallest absolute Gasteiger partial charge is 0.407 e. The van der Waals surface area contributed by atoms with Crippen molar-refractivity contribution in [1.82, 2.24) is 15.6 Å². The number of carbonyl (C=O) groups is 2. The van der Waals surface area contributed by atoms with Crippen molar-refractivity contribution in [2.75, 3.05) is 13.1 Å². The SMILES string of the molecule is C[C@@H](CNC(=O)c1cc2cccc(-c3ccc(F)cc3)c2[nH]1)C(O)CCNC(=O)OC(C)(C)C. The van der Waals surface area contributed by atoms with Gasteiger partial charge in [-0.2, -0.15) is 0 Å². The molecule has 1 heterocycles. The molecular weight excluding hydrogens is 437 g/mol. The molecule has 0 saturated heterocycles. The molecule has 2 amide bonds. The van der Waals surface area contributed by atoms with E-state index in [-0.39, 0.29) is 30.7 Å². The maximum Gasteiger partial charge on any atom is 0.407 e. The molecule has 1 aromatic heterocycles. The molecule has 0 aliphatic carbocycles. The van der Waals surface area contributed by atoms with Crippen LogP contribution in [0.5, 0.6) is 0 Å². The third kappa shape index (κ3) is 6.81. The van der Waals surface area contributed by atoms with Gasteiger partial charge in [-0.3, -0.25) is 4.79 Å². The van der Waals surface area contributed by atoms with E-state index in [1.807, 2.05) is 25.1 Å². The Morgan fingerprint density at radius 3 is 2.50 bits per heavy atom. The Morgan fingerprint density at radius 1 is 1.12 bits per heavy atom. The second-order valence-corrected chi connectivity index (χ2v) is 9.43. The summed E-state index contributed by atoms with van der Waals surface area (Å²) in [4.78, 5) is 27.6. The van der Waals surface area contributed by atoms with E-state index in [9.17, 15) is 19.1 Å². The summed E-state index contributed by atoms with van der Waals surface area (Å²) in [7, 11) is 0. The van der Waals surface area contributed by atoms with Crippen molar-refractivity contribution in [2.45, 2.75) is 45.8 Å². The normalized spacial score (nSPS) is 13.4. The zero-order valence-corrected chi connectivity index (χ0v) is 19.9. The number of aromatic amines is 1. The van der Waals surface area contributed by atoms with E-state index in [2.05, 4.69) is 15.6 Å². The van der Waals surface area contributed by atoms with Gasteiger partial charge in [-0.25, -0.2) is 9.18 Å². The first kappa shape index (κ1) is 25.2. The van der Waals surface area contributed by atoms with Gasteiger partial charge >= 0.3 is 6.09 Å². The van der Waals surface area contributed by atoms with Gasteiger partial charge < -0.3 is 25.5 Å². The van der Waals surface area contributed by atoms with E-state index in [1.54, 1.807) is 39.0 Å². The quantitative estimate of drug-likeness (QED) is 0.387. The molecular formula is C26H32FN3O4. The lowest BCUT2D eigenvalue weighted by molar-refractivity contribution is 0.0508. The number of aliphatic hydroxyl groups is 1. The summed E-state index contributed by atoms with van der Waals surface area (Å²) in [5, 5.41) is 16.7. The molecule has 7 nitrogen and oxygen atoms in total. The molecule has 0 aliphatic rings. The van der Waals surface area contributed by atoms with Crippen LogP contribution in [0, 0.1) is 11.7 Å². The number of hydrogen-bond acceptors (Lipinski definition) is 4. The lowest BCUT2D eigenvalue weighted by Crippen LogP contribution is -2.37. The summed E-state index contributed by atoms with van der Waals surface area (Å²) >= 11 is 0. The maximum atomic E-state index is 13.3. The van der Waals surface area contributed by atoms with Crippen molar-refractivity contribution < 1.29 is 23.8 Å². The lowest BCUT2D eigenvalue weighted by atomic mass is 10.0. The van der Waals surface area contributed by atoms with E-state index in [1.165, 1.54) is 12.1 Å². The number of para-hydroxylation sites is 1. The van der Waals surface area contributed by atoms with Gasteiger partial charge in [0.05, 0.1) is 11.6 Å². The zero-order chi connectivity index (χ0) is 24.9.